The summed E-state index contributed by atoms with van der Waals surface area (Å²) in [6.07, 6.45) is -11.2. The number of aryl methyl sites for hydroxylation is 1. The van der Waals surface area contributed by atoms with Crippen molar-refractivity contribution in [1.82, 2.24) is 0 Å². The van der Waals surface area contributed by atoms with E-state index in [1.54, 1.807) is 19.1 Å². The summed E-state index contributed by atoms with van der Waals surface area (Å²) in [6, 6.07) is 8.03. The first-order valence-electron chi connectivity index (χ1n) is 7.41. The maximum atomic E-state index is 13.5. The molecule has 0 fully saturated rings. The van der Waals surface area contributed by atoms with Gasteiger partial charge in [0.25, 0.3) is 0 Å². The van der Waals surface area contributed by atoms with Gasteiger partial charge in [-0.25, -0.2) is 0 Å². The molecule has 0 bridgehead atoms. The third-order valence-corrected chi connectivity index (χ3v) is 3.91. The number of benzene rings is 2. The van der Waals surface area contributed by atoms with Crippen LogP contribution in [0.15, 0.2) is 48.5 Å². The fraction of sp³-hybridized carbons (Fsp3) is 0.278. The van der Waals surface area contributed by atoms with Gasteiger partial charge in [-0.2, -0.15) is 26.3 Å². The number of Topliss-reactive ketones (excluding diaryl/α,β-unsaturated/α-hetero) is 1. The van der Waals surface area contributed by atoms with Crippen molar-refractivity contribution in [3.63, 3.8) is 0 Å². The van der Waals surface area contributed by atoms with Crippen molar-refractivity contribution in [3.05, 3.63) is 70.8 Å². The maximum Gasteiger partial charge on any atom is 0.428 e. The Balaban J connectivity index is 2.49. The van der Waals surface area contributed by atoms with Gasteiger partial charge in [0.1, 0.15) is 0 Å². The molecule has 2 nitrogen and oxygen atoms in total. The molecule has 0 radical (unpaired) electrons. The topological polar surface area (TPSA) is 37.3 Å². The molecule has 0 heterocycles. The zero-order valence-corrected chi connectivity index (χ0v) is 13.4. The minimum atomic E-state index is -5.49. The van der Waals surface area contributed by atoms with Crippen LogP contribution in [0, 0.1) is 6.92 Å². The summed E-state index contributed by atoms with van der Waals surface area (Å²) in [5, 5.41) is 10.2. The van der Waals surface area contributed by atoms with Crippen LogP contribution in [-0.2, 0) is 23.0 Å². The normalized spacial score (nSPS) is 14.8. The van der Waals surface area contributed by atoms with Crippen LogP contribution in [0.3, 0.4) is 0 Å². The Morgan fingerprint density at radius 3 is 1.96 bits per heavy atom. The second kappa shape index (κ2) is 6.75. The molecule has 0 aliphatic heterocycles. The quantitative estimate of drug-likeness (QED) is 0.794. The largest absolute Gasteiger partial charge is 0.428 e. The fourth-order valence-corrected chi connectivity index (χ4v) is 2.42. The number of aliphatic hydroxyl groups is 1. The van der Waals surface area contributed by atoms with Crippen LogP contribution in [0.5, 0.6) is 0 Å². The van der Waals surface area contributed by atoms with E-state index in [0.29, 0.717) is 18.2 Å². The lowest BCUT2D eigenvalue weighted by Gasteiger charge is -2.30. The second-order valence-corrected chi connectivity index (χ2v) is 5.87. The van der Waals surface area contributed by atoms with Crippen molar-refractivity contribution in [1.29, 1.82) is 0 Å². The molecule has 2 rings (SSSR count). The van der Waals surface area contributed by atoms with Crippen molar-refractivity contribution >= 4 is 5.78 Å². The van der Waals surface area contributed by atoms with Gasteiger partial charge in [-0.1, -0.05) is 42.0 Å². The maximum absolute atomic E-state index is 13.5. The van der Waals surface area contributed by atoms with E-state index in [4.69, 9.17) is 0 Å². The van der Waals surface area contributed by atoms with E-state index >= 15 is 0 Å². The highest BCUT2D eigenvalue weighted by atomic mass is 19.4. The van der Waals surface area contributed by atoms with E-state index in [9.17, 15) is 36.2 Å². The van der Waals surface area contributed by atoms with Gasteiger partial charge in [-0.05, 0) is 24.6 Å². The predicted octanol–water partition coefficient (Wildman–Crippen LogP) is 4.58. The summed E-state index contributed by atoms with van der Waals surface area (Å²) in [4.78, 5) is 12.3. The lowest BCUT2D eigenvalue weighted by Crippen LogP contribution is -2.50. The monoisotopic (exact) mass is 376 g/mol. The first-order valence-corrected chi connectivity index (χ1v) is 7.41. The van der Waals surface area contributed by atoms with Crippen LogP contribution < -0.4 is 0 Å². The van der Waals surface area contributed by atoms with Gasteiger partial charge < -0.3 is 5.11 Å². The van der Waals surface area contributed by atoms with Crippen molar-refractivity contribution in [3.8, 4) is 0 Å². The molecule has 0 aliphatic carbocycles. The molecule has 1 unspecified atom stereocenters. The van der Waals surface area contributed by atoms with E-state index in [-0.39, 0.29) is 11.6 Å². The minimum absolute atomic E-state index is 0.139. The highest BCUT2D eigenvalue weighted by Gasteiger charge is 2.60. The number of hydrogen-bond acceptors (Lipinski definition) is 2. The molecule has 2 aromatic carbocycles. The lowest BCUT2D eigenvalue weighted by molar-refractivity contribution is -0.255. The van der Waals surface area contributed by atoms with Crippen LogP contribution in [0.25, 0.3) is 0 Å². The summed E-state index contributed by atoms with van der Waals surface area (Å²) < 4.78 is 78.8. The van der Waals surface area contributed by atoms with Crippen molar-refractivity contribution in [2.45, 2.75) is 31.3 Å². The molecule has 0 aliphatic rings. The van der Waals surface area contributed by atoms with Crippen LogP contribution >= 0.6 is 0 Å². The van der Waals surface area contributed by atoms with E-state index in [1.807, 2.05) is 0 Å². The van der Waals surface area contributed by atoms with Crippen molar-refractivity contribution < 1.29 is 36.2 Å². The van der Waals surface area contributed by atoms with Gasteiger partial charge in [-0.15, -0.1) is 0 Å². The molecule has 8 heteroatoms. The van der Waals surface area contributed by atoms with Gasteiger partial charge in [0.2, 0.25) is 5.60 Å². The summed E-state index contributed by atoms with van der Waals surface area (Å²) in [7, 11) is 0. The Kier molecular flexibility index (Phi) is 5.19. The van der Waals surface area contributed by atoms with Crippen molar-refractivity contribution in [2.24, 2.45) is 0 Å². The summed E-state index contributed by atoms with van der Waals surface area (Å²) in [6.45, 7) is 1.74. The Morgan fingerprint density at radius 2 is 1.46 bits per heavy atom. The average molecular weight is 376 g/mol. The predicted molar refractivity (Wildman–Crippen MR) is 81.3 cm³/mol. The Bertz CT molecular complexity index is 793. The summed E-state index contributed by atoms with van der Waals surface area (Å²) in [5.74, 6) is -1.66. The SMILES string of the molecule is Cc1ccc(CC(=O)C(O)(c2cccc(C(F)(F)F)c2)C(F)(F)F)cc1. The van der Waals surface area contributed by atoms with E-state index < -0.39 is 41.3 Å². The third kappa shape index (κ3) is 3.90. The number of alkyl halides is 6. The highest BCUT2D eigenvalue weighted by molar-refractivity contribution is 5.91. The molecular formula is C18H14F6O2. The zero-order chi connectivity index (χ0) is 19.8. The summed E-state index contributed by atoms with van der Waals surface area (Å²) >= 11 is 0. The average Bonchev–Trinajstić information content (AvgIpc) is 2.54. The molecule has 26 heavy (non-hydrogen) atoms. The standard InChI is InChI=1S/C18H14F6O2/c1-11-5-7-12(8-6-11)9-15(25)16(26,18(22,23)24)13-3-2-4-14(10-13)17(19,20)21/h2-8,10,26H,9H2,1H3. The van der Waals surface area contributed by atoms with Crippen LogP contribution in [-0.4, -0.2) is 17.1 Å². The van der Waals surface area contributed by atoms with Crippen molar-refractivity contribution in [2.75, 3.05) is 0 Å². The molecular weight excluding hydrogens is 362 g/mol. The Morgan fingerprint density at radius 1 is 0.923 bits per heavy atom. The summed E-state index contributed by atoms with van der Waals surface area (Å²) in [5.41, 5.74) is -5.59. The third-order valence-electron chi connectivity index (χ3n) is 3.91. The lowest BCUT2D eigenvalue weighted by atomic mass is 9.85. The molecule has 0 spiro atoms. The van der Waals surface area contributed by atoms with Gasteiger partial charge in [-0.3, -0.25) is 4.79 Å². The van der Waals surface area contributed by atoms with Crippen LogP contribution in [0.2, 0.25) is 0 Å². The number of halogens is 6. The molecule has 140 valence electrons. The number of carbonyl (C=O) groups is 1. The molecule has 0 saturated carbocycles. The minimum Gasteiger partial charge on any atom is -0.370 e. The van der Waals surface area contributed by atoms with Gasteiger partial charge in [0, 0.05) is 12.0 Å². The first kappa shape index (κ1) is 20.0. The molecule has 1 atom stereocenters. The number of rotatable bonds is 4. The Labute approximate surface area is 145 Å². The molecule has 2 aromatic rings. The van der Waals surface area contributed by atoms with Crippen LogP contribution in [0.1, 0.15) is 22.3 Å². The van der Waals surface area contributed by atoms with E-state index in [0.717, 1.165) is 5.56 Å². The first-order chi connectivity index (χ1) is 11.9. The van der Waals surface area contributed by atoms with Gasteiger partial charge in [0.15, 0.2) is 5.78 Å². The number of hydrogen-bond donors (Lipinski definition) is 1. The zero-order valence-electron chi connectivity index (χ0n) is 13.4. The molecule has 1 N–H and O–H groups in total. The smallest absolute Gasteiger partial charge is 0.370 e. The van der Waals surface area contributed by atoms with E-state index in [1.165, 1.54) is 12.1 Å². The van der Waals surface area contributed by atoms with Gasteiger partial charge in [0.05, 0.1) is 5.56 Å². The molecule has 0 saturated heterocycles. The number of carbonyl (C=O) groups excluding carboxylic acids is 1. The highest BCUT2D eigenvalue weighted by Crippen LogP contribution is 2.42. The van der Waals surface area contributed by atoms with E-state index in [2.05, 4.69) is 0 Å². The molecule has 0 amide bonds. The molecule has 0 aromatic heterocycles. The van der Waals surface area contributed by atoms with Crippen LogP contribution in [0.4, 0.5) is 26.3 Å². The van der Waals surface area contributed by atoms with Gasteiger partial charge >= 0.3 is 12.4 Å². The fourth-order valence-electron chi connectivity index (χ4n) is 2.42. The Hall–Kier alpha value is -2.35. The number of ketones is 1. The second-order valence-electron chi connectivity index (χ2n) is 5.87.